The number of rotatable bonds is 6. The second kappa shape index (κ2) is 7.82. The smallest absolute Gasteiger partial charge is 0.307 e. The summed E-state index contributed by atoms with van der Waals surface area (Å²) in [4.78, 5) is 35.1. The van der Waals surface area contributed by atoms with E-state index in [9.17, 15) is 14.4 Å². The minimum Gasteiger partial charge on any atom is -0.481 e. The number of carboxylic acids is 1. The summed E-state index contributed by atoms with van der Waals surface area (Å²) in [6.45, 7) is 0. The Balaban J connectivity index is 1.55. The van der Waals surface area contributed by atoms with Crippen LogP contribution in [0.1, 0.15) is 24.0 Å². The van der Waals surface area contributed by atoms with Crippen LogP contribution < -0.4 is 10.6 Å². The maximum Gasteiger partial charge on any atom is 0.307 e. The number of aliphatic carboxylic acids is 1. The van der Waals surface area contributed by atoms with E-state index in [-0.39, 0.29) is 30.6 Å². The van der Waals surface area contributed by atoms with Gasteiger partial charge in [0.25, 0.3) is 0 Å². The zero-order valence-corrected chi connectivity index (χ0v) is 14.2. The van der Waals surface area contributed by atoms with Crippen LogP contribution in [-0.2, 0) is 27.2 Å². The molecular weight excluding hydrogens is 332 g/mol. The van der Waals surface area contributed by atoms with Crippen molar-refractivity contribution >= 4 is 29.2 Å². The molecule has 2 aromatic rings. The van der Waals surface area contributed by atoms with Gasteiger partial charge in [-0.3, -0.25) is 14.4 Å². The highest BCUT2D eigenvalue weighted by Crippen LogP contribution is 2.27. The van der Waals surface area contributed by atoms with E-state index in [0.717, 1.165) is 11.3 Å². The largest absolute Gasteiger partial charge is 0.481 e. The van der Waals surface area contributed by atoms with Crippen LogP contribution in [0.4, 0.5) is 11.4 Å². The Hall–Kier alpha value is -3.15. The van der Waals surface area contributed by atoms with Crippen LogP contribution in [-0.4, -0.2) is 22.9 Å². The molecule has 0 radical (unpaired) electrons. The van der Waals surface area contributed by atoms with Crippen molar-refractivity contribution in [3.63, 3.8) is 0 Å². The number of amides is 2. The highest BCUT2D eigenvalue weighted by molar-refractivity contribution is 5.96. The molecule has 0 saturated carbocycles. The third-order valence-corrected chi connectivity index (χ3v) is 4.40. The zero-order chi connectivity index (χ0) is 18.5. The van der Waals surface area contributed by atoms with Crippen molar-refractivity contribution < 1.29 is 19.5 Å². The van der Waals surface area contributed by atoms with Crippen molar-refractivity contribution in [2.75, 3.05) is 10.6 Å². The molecule has 0 saturated heterocycles. The first-order chi connectivity index (χ1) is 12.5. The molecular formula is C20H20N2O4. The Kier molecular flexibility index (Phi) is 5.31. The lowest BCUT2D eigenvalue weighted by Crippen LogP contribution is -2.30. The number of fused-ring (bicyclic) bond motifs is 1. The van der Waals surface area contributed by atoms with Gasteiger partial charge in [0.1, 0.15) is 0 Å². The fourth-order valence-electron chi connectivity index (χ4n) is 3.11. The predicted octanol–water partition coefficient (Wildman–Crippen LogP) is 2.84. The van der Waals surface area contributed by atoms with Gasteiger partial charge in [0.2, 0.25) is 11.8 Å². The highest BCUT2D eigenvalue weighted by Gasteiger charge is 2.26. The topological polar surface area (TPSA) is 95.5 Å². The van der Waals surface area contributed by atoms with Gasteiger partial charge < -0.3 is 15.7 Å². The van der Waals surface area contributed by atoms with Gasteiger partial charge in [-0.25, -0.2) is 0 Å². The van der Waals surface area contributed by atoms with E-state index in [1.807, 2.05) is 24.3 Å². The molecule has 0 fully saturated rings. The van der Waals surface area contributed by atoms with E-state index >= 15 is 0 Å². The van der Waals surface area contributed by atoms with Crippen LogP contribution in [0.3, 0.4) is 0 Å². The molecule has 0 aromatic heterocycles. The molecule has 1 heterocycles. The summed E-state index contributed by atoms with van der Waals surface area (Å²) in [6.07, 6.45) is 1.22. The van der Waals surface area contributed by atoms with Gasteiger partial charge in [-0.2, -0.15) is 0 Å². The number of anilines is 2. The lowest BCUT2D eigenvalue weighted by molar-refractivity contribution is -0.136. The molecule has 1 unspecified atom stereocenters. The molecule has 1 atom stereocenters. The molecule has 2 aromatic carbocycles. The van der Waals surface area contributed by atoms with Gasteiger partial charge in [0, 0.05) is 23.7 Å². The monoisotopic (exact) mass is 352 g/mol. The Bertz CT molecular complexity index is 847. The molecule has 3 N–H and O–H groups in total. The lowest BCUT2D eigenvalue weighted by atomic mass is 9.89. The summed E-state index contributed by atoms with van der Waals surface area (Å²) >= 11 is 0. The van der Waals surface area contributed by atoms with E-state index in [2.05, 4.69) is 10.6 Å². The quantitative estimate of drug-likeness (QED) is 0.745. The van der Waals surface area contributed by atoms with Crippen molar-refractivity contribution in [2.45, 2.75) is 25.7 Å². The van der Waals surface area contributed by atoms with Gasteiger partial charge >= 0.3 is 5.97 Å². The summed E-state index contributed by atoms with van der Waals surface area (Å²) in [5.41, 5.74) is 3.11. The van der Waals surface area contributed by atoms with Crippen molar-refractivity contribution in [3.05, 3.63) is 59.7 Å². The van der Waals surface area contributed by atoms with Crippen molar-refractivity contribution in [1.82, 2.24) is 0 Å². The van der Waals surface area contributed by atoms with E-state index in [1.165, 1.54) is 0 Å². The molecule has 0 bridgehead atoms. The summed E-state index contributed by atoms with van der Waals surface area (Å²) < 4.78 is 0. The number of carboxylic acid groups (broad SMARTS) is 1. The Morgan fingerprint density at radius 3 is 2.77 bits per heavy atom. The Morgan fingerprint density at radius 1 is 1.15 bits per heavy atom. The molecule has 0 spiro atoms. The second-order valence-electron chi connectivity index (χ2n) is 6.41. The molecule has 26 heavy (non-hydrogen) atoms. The summed E-state index contributed by atoms with van der Waals surface area (Å²) in [5, 5.41) is 14.5. The first-order valence-corrected chi connectivity index (χ1v) is 8.50. The molecule has 6 nitrogen and oxygen atoms in total. The average molecular weight is 352 g/mol. The van der Waals surface area contributed by atoms with Gasteiger partial charge in [0.15, 0.2) is 0 Å². The first kappa shape index (κ1) is 17.7. The fourth-order valence-corrected chi connectivity index (χ4v) is 3.11. The molecule has 134 valence electrons. The molecule has 1 aliphatic rings. The fraction of sp³-hybridized carbons (Fsp3) is 0.250. The minimum absolute atomic E-state index is 0.0556. The standard InChI is InChI=1S/C20H20N2O4/c23-18(21-16-6-3-4-13(10-16)11-19(24)25)9-8-15-12-14-5-1-2-7-17(14)22-20(15)26/h1-7,10,15H,8-9,11-12H2,(H,21,23)(H,22,26)(H,24,25). The first-order valence-electron chi connectivity index (χ1n) is 8.50. The Labute approximate surface area is 151 Å². The molecule has 0 aliphatic carbocycles. The SMILES string of the molecule is O=C(O)Cc1cccc(NC(=O)CCC2Cc3ccccc3NC2=O)c1. The van der Waals surface area contributed by atoms with Gasteiger partial charge in [0.05, 0.1) is 6.42 Å². The third kappa shape index (κ3) is 4.47. The maximum atomic E-state index is 12.2. The van der Waals surface area contributed by atoms with Crippen LogP contribution in [0.2, 0.25) is 0 Å². The zero-order valence-electron chi connectivity index (χ0n) is 14.2. The molecule has 2 amide bonds. The van der Waals surface area contributed by atoms with Gasteiger partial charge in [-0.15, -0.1) is 0 Å². The lowest BCUT2D eigenvalue weighted by Gasteiger charge is -2.24. The van der Waals surface area contributed by atoms with E-state index in [4.69, 9.17) is 5.11 Å². The number of hydrogen-bond acceptors (Lipinski definition) is 3. The summed E-state index contributed by atoms with van der Waals surface area (Å²) in [6, 6.07) is 14.4. The highest BCUT2D eigenvalue weighted by atomic mass is 16.4. The Morgan fingerprint density at radius 2 is 1.96 bits per heavy atom. The normalized spacial score (nSPS) is 15.7. The average Bonchev–Trinajstić information content (AvgIpc) is 2.59. The number of carbonyl (C=O) groups excluding carboxylic acids is 2. The van der Waals surface area contributed by atoms with Gasteiger partial charge in [-0.1, -0.05) is 30.3 Å². The summed E-state index contributed by atoms with van der Waals surface area (Å²) in [7, 11) is 0. The number of benzene rings is 2. The van der Waals surface area contributed by atoms with Crippen LogP contribution in [0.5, 0.6) is 0 Å². The van der Waals surface area contributed by atoms with E-state index in [1.54, 1.807) is 24.3 Å². The summed E-state index contributed by atoms with van der Waals surface area (Å²) in [5.74, 6) is -1.39. The molecule has 3 rings (SSSR count). The van der Waals surface area contributed by atoms with Crippen molar-refractivity contribution in [3.8, 4) is 0 Å². The number of para-hydroxylation sites is 1. The van der Waals surface area contributed by atoms with Crippen LogP contribution in [0, 0.1) is 5.92 Å². The maximum absolute atomic E-state index is 12.2. The second-order valence-corrected chi connectivity index (χ2v) is 6.41. The van der Waals surface area contributed by atoms with E-state index < -0.39 is 5.97 Å². The van der Waals surface area contributed by atoms with Crippen LogP contribution in [0.25, 0.3) is 0 Å². The van der Waals surface area contributed by atoms with Crippen molar-refractivity contribution in [2.24, 2.45) is 5.92 Å². The number of carbonyl (C=O) groups is 3. The number of nitrogens with one attached hydrogen (secondary N) is 2. The molecule has 1 aliphatic heterocycles. The number of hydrogen-bond donors (Lipinski definition) is 3. The molecule has 6 heteroatoms. The van der Waals surface area contributed by atoms with E-state index in [0.29, 0.717) is 24.1 Å². The predicted molar refractivity (Wildman–Crippen MR) is 97.9 cm³/mol. The van der Waals surface area contributed by atoms with Crippen LogP contribution in [0.15, 0.2) is 48.5 Å². The minimum atomic E-state index is -0.919. The van der Waals surface area contributed by atoms with Crippen LogP contribution >= 0.6 is 0 Å². The van der Waals surface area contributed by atoms with Crippen molar-refractivity contribution in [1.29, 1.82) is 0 Å². The van der Waals surface area contributed by atoms with Gasteiger partial charge in [-0.05, 0) is 42.2 Å². The third-order valence-electron chi connectivity index (χ3n) is 4.40.